The second-order valence-corrected chi connectivity index (χ2v) is 11.1. The van der Waals surface area contributed by atoms with Gasteiger partial charge in [-0.3, -0.25) is 14.4 Å². The van der Waals surface area contributed by atoms with E-state index in [1.165, 1.54) is 0 Å². The normalized spacial score (nSPS) is 35.5. The van der Waals surface area contributed by atoms with Gasteiger partial charge in [-0.05, 0) is 44.9 Å². The molecule has 3 heterocycles. The van der Waals surface area contributed by atoms with Crippen LogP contribution in [0.3, 0.4) is 0 Å². The predicted octanol–water partition coefficient (Wildman–Crippen LogP) is 2.85. The summed E-state index contributed by atoms with van der Waals surface area (Å²) in [6.07, 6.45) is 9.99. The second-order valence-electron chi connectivity index (χ2n) is 11.1. The third-order valence-electron chi connectivity index (χ3n) is 9.05. The average molecular weight is 503 g/mol. The van der Waals surface area contributed by atoms with Crippen LogP contribution in [0.25, 0.3) is 0 Å². The van der Waals surface area contributed by atoms with Crippen molar-refractivity contribution < 1.29 is 29.0 Å². The van der Waals surface area contributed by atoms with Gasteiger partial charge in [0.15, 0.2) is 0 Å². The molecule has 4 rings (SSSR count). The van der Waals surface area contributed by atoms with Crippen LogP contribution in [-0.2, 0) is 23.9 Å². The average Bonchev–Trinajstić information content (AvgIpc) is 3.38. The lowest BCUT2D eigenvalue weighted by Gasteiger charge is -2.41. The van der Waals surface area contributed by atoms with E-state index in [-0.39, 0.29) is 43.5 Å². The van der Waals surface area contributed by atoms with Crippen molar-refractivity contribution in [3.8, 4) is 0 Å². The standard InChI is InChI=1S/C28H42N2O6/c1-5-7-17-35-26(34)22-21-24(32)30(15-11-16-31)23(28(21)18-19(3)27(22,4)36-28)25(33)29(14-6-2)20-12-9-8-10-13-20/h5-6,19-23,31H,1-2,7-18H2,3-4H3/t19?,21-,22+,23?,27-,28?/m0/s1. The minimum atomic E-state index is -1.09. The summed E-state index contributed by atoms with van der Waals surface area (Å²) in [4.78, 5) is 45.2. The topological polar surface area (TPSA) is 96.4 Å². The van der Waals surface area contributed by atoms with Crippen LogP contribution < -0.4 is 0 Å². The smallest absolute Gasteiger partial charge is 0.312 e. The van der Waals surface area contributed by atoms with Gasteiger partial charge in [0.2, 0.25) is 11.8 Å². The summed E-state index contributed by atoms with van der Waals surface area (Å²) in [5, 5.41) is 9.55. The Morgan fingerprint density at radius 2 is 1.97 bits per heavy atom. The van der Waals surface area contributed by atoms with Gasteiger partial charge in [-0.15, -0.1) is 13.2 Å². The first-order chi connectivity index (χ1) is 17.3. The molecule has 0 aromatic rings. The molecule has 8 heteroatoms. The Balaban J connectivity index is 1.73. The summed E-state index contributed by atoms with van der Waals surface area (Å²) in [6, 6.07) is -0.737. The summed E-state index contributed by atoms with van der Waals surface area (Å²) in [5.74, 6) is -2.42. The number of aliphatic hydroxyl groups is 1. The summed E-state index contributed by atoms with van der Waals surface area (Å²) < 4.78 is 12.3. The number of amides is 2. The first kappa shape index (κ1) is 26.9. The van der Waals surface area contributed by atoms with Crippen LogP contribution in [0, 0.1) is 17.8 Å². The Labute approximate surface area is 214 Å². The Hall–Kier alpha value is -2.19. The van der Waals surface area contributed by atoms with Crippen molar-refractivity contribution in [2.24, 2.45) is 17.8 Å². The summed E-state index contributed by atoms with van der Waals surface area (Å²) in [7, 11) is 0. The van der Waals surface area contributed by atoms with E-state index in [2.05, 4.69) is 13.2 Å². The van der Waals surface area contributed by atoms with E-state index in [9.17, 15) is 19.5 Å². The molecular weight excluding hydrogens is 460 g/mol. The van der Waals surface area contributed by atoms with Crippen LogP contribution in [0.2, 0.25) is 0 Å². The molecule has 2 amide bonds. The van der Waals surface area contributed by atoms with Crippen LogP contribution in [0.1, 0.15) is 65.2 Å². The number of likely N-dealkylation sites (tertiary alicyclic amines) is 1. The van der Waals surface area contributed by atoms with E-state index in [0.717, 1.165) is 32.1 Å². The number of hydrogen-bond donors (Lipinski definition) is 1. The first-order valence-corrected chi connectivity index (χ1v) is 13.6. The fraction of sp³-hybridized carbons (Fsp3) is 0.750. The largest absolute Gasteiger partial charge is 0.465 e. The van der Waals surface area contributed by atoms with E-state index in [0.29, 0.717) is 25.8 Å². The molecule has 2 bridgehead atoms. The molecule has 3 saturated heterocycles. The zero-order valence-electron chi connectivity index (χ0n) is 21.8. The minimum absolute atomic E-state index is 0.0332. The Bertz CT molecular complexity index is 885. The molecule has 4 fully saturated rings. The number of nitrogens with zero attached hydrogens (tertiary/aromatic N) is 2. The molecule has 1 spiro atoms. The zero-order valence-corrected chi connectivity index (χ0v) is 21.8. The van der Waals surface area contributed by atoms with Gasteiger partial charge >= 0.3 is 5.97 Å². The number of ether oxygens (including phenoxy) is 2. The van der Waals surface area contributed by atoms with Gasteiger partial charge in [0.05, 0.1) is 18.1 Å². The SMILES string of the molecule is C=CCCOC(=O)[C@H]1[C@H]2C(=O)N(CCCO)C(C(=O)N(CC=C)C3CCCCC3)C23CC(C)[C@]1(C)O3. The monoisotopic (exact) mass is 502 g/mol. The maximum atomic E-state index is 14.4. The third-order valence-corrected chi connectivity index (χ3v) is 9.05. The summed E-state index contributed by atoms with van der Waals surface area (Å²) in [6.45, 7) is 12.2. The molecule has 8 nitrogen and oxygen atoms in total. The van der Waals surface area contributed by atoms with Crippen LogP contribution in [0.5, 0.6) is 0 Å². The summed E-state index contributed by atoms with van der Waals surface area (Å²) in [5.41, 5.74) is -1.98. The van der Waals surface area contributed by atoms with Crippen molar-refractivity contribution >= 4 is 17.8 Å². The van der Waals surface area contributed by atoms with E-state index in [1.807, 2.05) is 18.7 Å². The molecule has 3 aliphatic heterocycles. The number of aliphatic hydroxyl groups excluding tert-OH is 1. The quantitative estimate of drug-likeness (QED) is 0.265. The van der Waals surface area contributed by atoms with Gasteiger partial charge in [0.1, 0.15) is 17.6 Å². The molecule has 36 heavy (non-hydrogen) atoms. The lowest BCUT2D eigenvalue weighted by molar-refractivity contribution is -0.162. The zero-order chi connectivity index (χ0) is 26.1. The Morgan fingerprint density at radius 3 is 2.61 bits per heavy atom. The van der Waals surface area contributed by atoms with Gasteiger partial charge in [0.25, 0.3) is 0 Å². The van der Waals surface area contributed by atoms with Crippen molar-refractivity contribution in [1.29, 1.82) is 0 Å². The van der Waals surface area contributed by atoms with Gasteiger partial charge in [-0.2, -0.15) is 0 Å². The molecular formula is C28H42N2O6. The fourth-order valence-corrected chi connectivity index (χ4v) is 7.30. The second kappa shape index (κ2) is 10.7. The molecule has 1 aliphatic carbocycles. The molecule has 200 valence electrons. The molecule has 4 aliphatic rings. The van der Waals surface area contributed by atoms with E-state index in [1.54, 1.807) is 17.1 Å². The number of rotatable bonds is 11. The molecule has 1 N–H and O–H groups in total. The molecule has 3 unspecified atom stereocenters. The maximum absolute atomic E-state index is 14.4. The number of carbonyl (C=O) groups is 3. The third kappa shape index (κ3) is 4.20. The van der Waals surface area contributed by atoms with Crippen molar-refractivity contribution in [1.82, 2.24) is 9.80 Å². The number of hydrogen-bond acceptors (Lipinski definition) is 6. The van der Waals surface area contributed by atoms with E-state index < -0.39 is 35.0 Å². The summed E-state index contributed by atoms with van der Waals surface area (Å²) >= 11 is 0. The Kier molecular flexibility index (Phi) is 7.95. The molecule has 0 aromatic heterocycles. The first-order valence-electron chi connectivity index (χ1n) is 13.6. The number of fused-ring (bicyclic) bond motifs is 1. The molecule has 0 radical (unpaired) electrons. The van der Waals surface area contributed by atoms with Gasteiger partial charge in [-0.1, -0.05) is 38.3 Å². The van der Waals surface area contributed by atoms with E-state index >= 15 is 0 Å². The van der Waals surface area contributed by atoms with Gasteiger partial charge < -0.3 is 24.4 Å². The van der Waals surface area contributed by atoms with E-state index in [4.69, 9.17) is 9.47 Å². The number of carbonyl (C=O) groups excluding carboxylic acids is 3. The van der Waals surface area contributed by atoms with Crippen LogP contribution in [0.4, 0.5) is 0 Å². The van der Waals surface area contributed by atoms with Crippen molar-refractivity contribution in [3.05, 3.63) is 25.3 Å². The Morgan fingerprint density at radius 1 is 1.25 bits per heavy atom. The van der Waals surface area contributed by atoms with Crippen molar-refractivity contribution in [3.63, 3.8) is 0 Å². The van der Waals surface area contributed by atoms with Gasteiger partial charge in [-0.25, -0.2) is 0 Å². The fourth-order valence-electron chi connectivity index (χ4n) is 7.30. The van der Waals surface area contributed by atoms with Crippen LogP contribution >= 0.6 is 0 Å². The van der Waals surface area contributed by atoms with Gasteiger partial charge in [0, 0.05) is 25.7 Å². The lowest BCUT2D eigenvalue weighted by Crippen LogP contribution is -2.58. The highest BCUT2D eigenvalue weighted by molar-refractivity contribution is 5.98. The highest BCUT2D eigenvalue weighted by atomic mass is 16.6. The van der Waals surface area contributed by atoms with Crippen LogP contribution in [-0.4, -0.2) is 82.3 Å². The maximum Gasteiger partial charge on any atom is 0.312 e. The van der Waals surface area contributed by atoms with Crippen molar-refractivity contribution in [2.45, 2.75) is 88.5 Å². The molecule has 0 aromatic carbocycles. The molecule has 6 atom stereocenters. The highest BCUT2D eigenvalue weighted by Gasteiger charge is 2.80. The predicted molar refractivity (Wildman–Crippen MR) is 135 cm³/mol. The minimum Gasteiger partial charge on any atom is -0.465 e. The highest BCUT2D eigenvalue weighted by Crippen LogP contribution is 2.65. The molecule has 1 saturated carbocycles. The lowest BCUT2D eigenvalue weighted by atomic mass is 9.62. The van der Waals surface area contributed by atoms with Crippen LogP contribution in [0.15, 0.2) is 25.3 Å². The van der Waals surface area contributed by atoms with Crippen molar-refractivity contribution in [2.75, 3.05) is 26.3 Å². The number of esters is 1.